The first-order valence-corrected chi connectivity index (χ1v) is 6.33. The van der Waals surface area contributed by atoms with Crippen molar-refractivity contribution in [1.82, 2.24) is 10.1 Å². The van der Waals surface area contributed by atoms with Crippen molar-refractivity contribution in [3.63, 3.8) is 0 Å². The van der Waals surface area contributed by atoms with Crippen LogP contribution in [0, 0.1) is 0 Å². The fourth-order valence-corrected chi connectivity index (χ4v) is 2.54. The van der Waals surface area contributed by atoms with Crippen LogP contribution in [0.25, 0.3) is 0 Å². The van der Waals surface area contributed by atoms with Gasteiger partial charge in [-0.25, -0.2) is 0 Å². The van der Waals surface area contributed by atoms with Crippen LogP contribution < -0.4 is 0 Å². The molecule has 0 N–H and O–H groups in total. The monoisotopic (exact) mass is 248 g/mol. The average Bonchev–Trinajstić information content (AvgIpc) is 2.78. The van der Waals surface area contributed by atoms with Gasteiger partial charge in [0.05, 0.1) is 5.41 Å². The van der Waals surface area contributed by atoms with Crippen molar-refractivity contribution >= 4 is 11.6 Å². The van der Waals surface area contributed by atoms with Crippen LogP contribution >= 0.6 is 11.6 Å². The lowest BCUT2D eigenvalue weighted by atomic mass is 9.64. The van der Waals surface area contributed by atoms with Gasteiger partial charge in [-0.15, -0.1) is 11.6 Å². The maximum absolute atomic E-state index is 5.70. The normalized spacial score (nSPS) is 17.7. The van der Waals surface area contributed by atoms with E-state index in [1.807, 2.05) is 6.07 Å². The van der Waals surface area contributed by atoms with E-state index in [2.05, 4.69) is 34.4 Å². The van der Waals surface area contributed by atoms with E-state index in [4.69, 9.17) is 16.1 Å². The van der Waals surface area contributed by atoms with Gasteiger partial charge < -0.3 is 4.52 Å². The van der Waals surface area contributed by atoms with E-state index >= 15 is 0 Å². The van der Waals surface area contributed by atoms with E-state index in [1.165, 1.54) is 12.0 Å². The first-order chi connectivity index (χ1) is 8.35. The zero-order valence-corrected chi connectivity index (χ0v) is 10.2. The molecule has 0 bridgehead atoms. The molecule has 1 fully saturated rings. The van der Waals surface area contributed by atoms with Crippen molar-refractivity contribution in [2.45, 2.75) is 30.6 Å². The number of aromatic nitrogens is 2. The molecule has 2 aromatic rings. The Bertz CT molecular complexity index is 505. The number of benzene rings is 1. The second kappa shape index (κ2) is 4.15. The molecule has 1 heterocycles. The molecule has 1 aliphatic carbocycles. The predicted octanol–water partition coefficient (Wildman–Crippen LogP) is 3.28. The summed E-state index contributed by atoms with van der Waals surface area (Å²) in [5.74, 6) is 1.56. The van der Waals surface area contributed by atoms with Crippen molar-refractivity contribution in [1.29, 1.82) is 0 Å². The molecular formula is C13H13ClN2O. The molecule has 0 radical (unpaired) electrons. The van der Waals surface area contributed by atoms with Crippen LogP contribution in [0.2, 0.25) is 0 Å². The number of alkyl halides is 1. The van der Waals surface area contributed by atoms with E-state index in [0.717, 1.165) is 18.7 Å². The lowest BCUT2D eigenvalue weighted by Gasteiger charge is -2.39. The summed E-state index contributed by atoms with van der Waals surface area (Å²) in [5, 5.41) is 4.09. The van der Waals surface area contributed by atoms with Gasteiger partial charge in [-0.05, 0) is 18.4 Å². The summed E-state index contributed by atoms with van der Waals surface area (Å²) in [4.78, 5) is 4.39. The summed E-state index contributed by atoms with van der Waals surface area (Å²) in [6, 6.07) is 10.4. The molecule has 4 heteroatoms. The number of hydrogen-bond donors (Lipinski definition) is 0. The Kier molecular flexibility index (Phi) is 2.63. The highest BCUT2D eigenvalue weighted by atomic mass is 35.5. The lowest BCUT2D eigenvalue weighted by Crippen LogP contribution is -2.36. The number of halogens is 1. The Hall–Kier alpha value is -1.35. The SMILES string of the molecule is ClCc1nc(C2(c3ccccc3)CCC2)no1. The molecule has 0 atom stereocenters. The maximum atomic E-state index is 5.70. The molecule has 3 nitrogen and oxygen atoms in total. The van der Waals surface area contributed by atoms with E-state index < -0.39 is 0 Å². The second-order valence-electron chi connectivity index (χ2n) is 4.45. The standard InChI is InChI=1S/C13H13ClN2O/c14-9-11-15-12(16-17-11)13(7-4-8-13)10-5-2-1-3-6-10/h1-3,5-6H,4,7-9H2. The summed E-state index contributed by atoms with van der Waals surface area (Å²) >= 11 is 5.70. The minimum atomic E-state index is -0.0466. The highest BCUT2D eigenvalue weighted by molar-refractivity contribution is 6.16. The molecule has 0 saturated heterocycles. The number of nitrogens with zero attached hydrogens (tertiary/aromatic N) is 2. The Morgan fingerprint density at radius 3 is 2.53 bits per heavy atom. The minimum Gasteiger partial charge on any atom is -0.338 e. The second-order valence-corrected chi connectivity index (χ2v) is 4.71. The minimum absolute atomic E-state index is 0.0466. The van der Waals surface area contributed by atoms with Gasteiger partial charge in [-0.2, -0.15) is 4.98 Å². The Morgan fingerprint density at radius 2 is 2.00 bits per heavy atom. The molecule has 88 valence electrons. The third-order valence-electron chi connectivity index (χ3n) is 3.54. The molecule has 0 aliphatic heterocycles. The molecule has 1 aliphatic rings. The average molecular weight is 249 g/mol. The van der Waals surface area contributed by atoms with E-state index in [-0.39, 0.29) is 11.3 Å². The fourth-order valence-electron chi connectivity index (χ4n) is 2.43. The third kappa shape index (κ3) is 1.65. The first-order valence-electron chi connectivity index (χ1n) is 5.80. The van der Waals surface area contributed by atoms with Crippen LogP contribution in [0.5, 0.6) is 0 Å². The van der Waals surface area contributed by atoms with E-state index in [0.29, 0.717) is 5.89 Å². The fraction of sp³-hybridized carbons (Fsp3) is 0.385. The quantitative estimate of drug-likeness (QED) is 0.783. The summed E-state index contributed by atoms with van der Waals surface area (Å²) in [5.41, 5.74) is 1.22. The topological polar surface area (TPSA) is 38.9 Å². The lowest BCUT2D eigenvalue weighted by molar-refractivity contribution is 0.271. The summed E-state index contributed by atoms with van der Waals surface area (Å²) < 4.78 is 5.12. The van der Waals surface area contributed by atoms with Gasteiger partial charge in [0.2, 0.25) is 5.89 Å². The van der Waals surface area contributed by atoms with Crippen molar-refractivity contribution in [3.05, 3.63) is 47.6 Å². The molecule has 0 unspecified atom stereocenters. The molecular weight excluding hydrogens is 236 g/mol. The molecule has 1 aromatic carbocycles. The molecule has 0 spiro atoms. The summed E-state index contributed by atoms with van der Waals surface area (Å²) in [6.07, 6.45) is 3.37. The van der Waals surface area contributed by atoms with Crippen molar-refractivity contribution in [2.75, 3.05) is 0 Å². The third-order valence-corrected chi connectivity index (χ3v) is 3.77. The van der Waals surface area contributed by atoms with Crippen molar-refractivity contribution < 1.29 is 4.52 Å². The number of hydrogen-bond acceptors (Lipinski definition) is 3. The van der Waals surface area contributed by atoms with Gasteiger partial charge in [0, 0.05) is 0 Å². The van der Waals surface area contributed by atoms with Crippen molar-refractivity contribution in [2.24, 2.45) is 0 Å². The zero-order chi connectivity index (χ0) is 11.7. The molecule has 1 aromatic heterocycles. The smallest absolute Gasteiger partial charge is 0.241 e. The van der Waals surface area contributed by atoms with Crippen LogP contribution in [0.15, 0.2) is 34.9 Å². The first kappa shape index (κ1) is 10.8. The van der Waals surface area contributed by atoms with Gasteiger partial charge in [-0.1, -0.05) is 41.9 Å². The zero-order valence-electron chi connectivity index (χ0n) is 9.40. The van der Waals surface area contributed by atoms with Gasteiger partial charge in [0.15, 0.2) is 5.82 Å². The van der Waals surface area contributed by atoms with Gasteiger partial charge in [0.1, 0.15) is 5.88 Å². The molecule has 1 saturated carbocycles. The van der Waals surface area contributed by atoms with Crippen LogP contribution in [-0.2, 0) is 11.3 Å². The van der Waals surface area contributed by atoms with Gasteiger partial charge in [-0.3, -0.25) is 0 Å². The highest BCUT2D eigenvalue weighted by Gasteiger charge is 2.44. The summed E-state index contributed by atoms with van der Waals surface area (Å²) in [6.45, 7) is 0. The predicted molar refractivity (Wildman–Crippen MR) is 64.9 cm³/mol. The highest BCUT2D eigenvalue weighted by Crippen LogP contribution is 2.47. The number of rotatable bonds is 3. The molecule has 3 rings (SSSR count). The van der Waals surface area contributed by atoms with Gasteiger partial charge in [0.25, 0.3) is 0 Å². The molecule has 17 heavy (non-hydrogen) atoms. The Balaban J connectivity index is 2.02. The van der Waals surface area contributed by atoms with E-state index in [1.54, 1.807) is 0 Å². The Morgan fingerprint density at radius 1 is 1.24 bits per heavy atom. The van der Waals surface area contributed by atoms with Crippen LogP contribution in [0.4, 0.5) is 0 Å². The Labute approximate surface area is 105 Å². The summed E-state index contributed by atoms with van der Waals surface area (Å²) in [7, 11) is 0. The largest absolute Gasteiger partial charge is 0.338 e. The van der Waals surface area contributed by atoms with E-state index in [9.17, 15) is 0 Å². The van der Waals surface area contributed by atoms with Crippen LogP contribution in [0.1, 0.15) is 36.5 Å². The molecule has 0 amide bonds. The van der Waals surface area contributed by atoms with Gasteiger partial charge >= 0.3 is 0 Å². The van der Waals surface area contributed by atoms with Crippen molar-refractivity contribution in [3.8, 4) is 0 Å². The van der Waals surface area contributed by atoms with Crippen LogP contribution in [-0.4, -0.2) is 10.1 Å². The maximum Gasteiger partial charge on any atom is 0.241 e. The van der Waals surface area contributed by atoms with Crippen LogP contribution in [0.3, 0.4) is 0 Å².